The molecular formula is C46H55BrF2N10O5S. The molecule has 65 heavy (non-hydrogen) atoms. The SMILES string of the molecule is CCc1cc(Nc2ncc(Br)c(Nc3ccc(N(C)C)c4ccn(S(C)(=O)=O)c34)n2)c(OC)cc1N1CCC(N2CCN(CCc3cc(F)c(C4CCC(=O)NC4=O)c(F)c3)CC2)CC1. The molecule has 3 N–H and O–H groups in total. The normalized spacial score (nSPS) is 18.0. The Morgan fingerprint density at radius 1 is 0.954 bits per heavy atom. The van der Waals surface area contributed by atoms with E-state index >= 15 is 8.78 Å². The number of ether oxygens (including phenoxy) is 1. The summed E-state index contributed by atoms with van der Waals surface area (Å²) in [6.07, 6.45) is 7.86. The van der Waals surface area contributed by atoms with Gasteiger partial charge >= 0.3 is 0 Å². The molecule has 8 rings (SSSR count). The molecular weight excluding hydrogens is 923 g/mol. The summed E-state index contributed by atoms with van der Waals surface area (Å²) in [4.78, 5) is 42.4. The number of piperidine rings is 2. The maximum Gasteiger partial charge on any atom is 0.236 e. The predicted octanol–water partition coefficient (Wildman–Crippen LogP) is 6.75. The quantitative estimate of drug-likeness (QED) is 0.101. The average Bonchev–Trinajstić information content (AvgIpc) is 3.74. The van der Waals surface area contributed by atoms with E-state index in [-0.39, 0.29) is 18.4 Å². The number of aromatic nitrogens is 3. The minimum absolute atomic E-state index is 0.0596. The second kappa shape index (κ2) is 19.2. The van der Waals surface area contributed by atoms with Crippen molar-refractivity contribution in [1.82, 2.24) is 29.1 Å². The molecule has 0 radical (unpaired) electrons. The second-order valence-electron chi connectivity index (χ2n) is 17.2. The zero-order valence-corrected chi connectivity index (χ0v) is 39.7. The van der Waals surface area contributed by atoms with Crippen LogP contribution in [-0.2, 0) is 32.5 Å². The standard InChI is InChI=1S/C46H55BrF2N10O5S/c1-6-29-25-37(52-46-50-27-33(47)44(54-46)51-36-8-9-38(55(2)3)31-14-18-59(43(31)36)65(5,62)63)40(64-4)26-39(29)58-16-12-30(13-17-58)57-21-19-56(20-22-57)15-11-28-23-34(48)42(35(49)24-28)32-7-10-41(60)53-45(32)61/h8-9,14,18,23-27,30,32H,6-7,10-13,15-17,19-22H2,1-5H3,(H,53,60,61)(H2,50,51,52,54). The Kier molecular flexibility index (Phi) is 13.7. The van der Waals surface area contributed by atoms with Gasteiger partial charge in [-0.3, -0.25) is 19.8 Å². The van der Waals surface area contributed by atoms with Crippen molar-refractivity contribution >= 4 is 83.2 Å². The van der Waals surface area contributed by atoms with Gasteiger partial charge in [-0.2, -0.15) is 4.98 Å². The molecule has 0 spiro atoms. The summed E-state index contributed by atoms with van der Waals surface area (Å²) >= 11 is 3.57. The van der Waals surface area contributed by atoms with Crippen LogP contribution in [0.1, 0.15) is 55.2 Å². The van der Waals surface area contributed by atoms with Crippen molar-refractivity contribution in [2.45, 2.75) is 57.4 Å². The Morgan fingerprint density at radius 3 is 2.32 bits per heavy atom. The lowest BCUT2D eigenvalue weighted by Gasteiger charge is -2.43. The van der Waals surface area contributed by atoms with Gasteiger partial charge in [0.2, 0.25) is 27.8 Å². The molecule has 15 nitrogen and oxygen atoms in total. The fraction of sp³-hybridized carbons (Fsp3) is 0.435. The number of piperazine rings is 1. The molecule has 0 bridgehead atoms. The first-order chi connectivity index (χ1) is 31.1. The van der Waals surface area contributed by atoms with E-state index in [0.717, 1.165) is 86.5 Å². The number of amides is 2. The number of carbonyl (C=O) groups excluding carboxylic acids is 2. The van der Waals surface area contributed by atoms with Crippen molar-refractivity contribution in [3.63, 3.8) is 0 Å². The van der Waals surface area contributed by atoms with E-state index in [1.165, 1.54) is 22.4 Å². The highest BCUT2D eigenvalue weighted by Gasteiger charge is 2.33. The van der Waals surface area contributed by atoms with Crippen LogP contribution in [0.3, 0.4) is 0 Å². The molecule has 3 fully saturated rings. The molecule has 0 aliphatic carbocycles. The number of anilines is 6. The summed E-state index contributed by atoms with van der Waals surface area (Å²) in [6.45, 7) is 8.20. The molecule has 346 valence electrons. The topological polar surface area (TPSA) is 157 Å². The fourth-order valence-electron chi connectivity index (χ4n) is 9.40. The van der Waals surface area contributed by atoms with E-state index in [0.29, 0.717) is 57.8 Å². The first-order valence-corrected chi connectivity index (χ1v) is 24.6. The van der Waals surface area contributed by atoms with Gasteiger partial charge in [0.1, 0.15) is 23.2 Å². The Morgan fingerprint density at radius 2 is 1.68 bits per heavy atom. The van der Waals surface area contributed by atoms with Crippen LogP contribution in [0.4, 0.5) is 43.3 Å². The number of rotatable bonds is 14. The molecule has 2 aromatic heterocycles. The van der Waals surface area contributed by atoms with E-state index in [9.17, 15) is 18.0 Å². The predicted molar refractivity (Wildman–Crippen MR) is 254 cm³/mol. The van der Waals surface area contributed by atoms with E-state index in [1.807, 2.05) is 31.1 Å². The van der Waals surface area contributed by atoms with Gasteiger partial charge in [-0.15, -0.1) is 0 Å². The van der Waals surface area contributed by atoms with Crippen molar-refractivity contribution in [3.8, 4) is 5.75 Å². The van der Waals surface area contributed by atoms with Gasteiger partial charge in [-0.25, -0.2) is 26.2 Å². The zero-order chi connectivity index (χ0) is 46.2. The number of nitrogens with zero attached hydrogens (tertiary/aromatic N) is 7. The molecule has 0 saturated carbocycles. The number of fused-ring (bicyclic) bond motifs is 1. The number of hydrogen-bond donors (Lipinski definition) is 3. The van der Waals surface area contributed by atoms with E-state index < -0.39 is 39.4 Å². The Hall–Kier alpha value is -5.37. The van der Waals surface area contributed by atoms with Crippen molar-refractivity contribution in [2.75, 3.05) is 93.7 Å². The van der Waals surface area contributed by atoms with Crippen LogP contribution in [0.5, 0.6) is 5.75 Å². The number of imide groups is 1. The van der Waals surface area contributed by atoms with E-state index in [4.69, 9.17) is 9.72 Å². The van der Waals surface area contributed by atoms with Gasteiger partial charge in [-0.1, -0.05) is 6.92 Å². The maximum atomic E-state index is 15.1. The van der Waals surface area contributed by atoms with Gasteiger partial charge < -0.3 is 30.1 Å². The molecule has 3 saturated heterocycles. The van der Waals surface area contributed by atoms with Crippen LogP contribution in [0, 0.1) is 11.6 Å². The summed E-state index contributed by atoms with van der Waals surface area (Å²) in [5.41, 5.74) is 5.26. The number of methoxy groups -OCH3 is 1. The summed E-state index contributed by atoms with van der Waals surface area (Å²) in [5, 5.41) is 9.67. The molecule has 3 aliphatic rings. The van der Waals surface area contributed by atoms with Gasteiger partial charge in [0.05, 0.1) is 40.6 Å². The number of halogens is 3. The summed E-state index contributed by atoms with van der Waals surface area (Å²) in [5.74, 6) is -2.13. The number of nitrogens with one attached hydrogen (secondary N) is 3. The minimum Gasteiger partial charge on any atom is -0.494 e. The lowest BCUT2D eigenvalue weighted by Crippen LogP contribution is -2.53. The summed E-state index contributed by atoms with van der Waals surface area (Å²) in [6, 6.07) is 12.9. The van der Waals surface area contributed by atoms with Gasteiger partial charge in [0, 0.05) is 113 Å². The van der Waals surface area contributed by atoms with Gasteiger partial charge in [-0.05, 0) is 95.6 Å². The Labute approximate surface area is 386 Å². The molecule has 19 heteroatoms. The first-order valence-electron chi connectivity index (χ1n) is 21.9. The lowest BCUT2D eigenvalue weighted by atomic mass is 9.89. The molecule has 2 amide bonds. The van der Waals surface area contributed by atoms with Crippen LogP contribution in [0.2, 0.25) is 0 Å². The molecule has 3 aromatic carbocycles. The maximum absolute atomic E-state index is 15.1. The van der Waals surface area contributed by atoms with Crippen LogP contribution >= 0.6 is 15.9 Å². The number of benzene rings is 3. The Bertz CT molecular complexity index is 2700. The highest BCUT2D eigenvalue weighted by atomic mass is 79.9. The van der Waals surface area contributed by atoms with Crippen LogP contribution in [0.15, 0.2) is 59.3 Å². The molecule has 1 atom stereocenters. The minimum atomic E-state index is -3.60. The van der Waals surface area contributed by atoms with Crippen molar-refractivity contribution in [2.24, 2.45) is 0 Å². The van der Waals surface area contributed by atoms with Crippen LogP contribution < -0.4 is 30.5 Å². The largest absolute Gasteiger partial charge is 0.494 e. The van der Waals surface area contributed by atoms with Crippen LogP contribution in [-0.4, -0.2) is 123 Å². The molecule has 1 unspecified atom stereocenters. The van der Waals surface area contributed by atoms with Crippen molar-refractivity contribution in [1.29, 1.82) is 0 Å². The van der Waals surface area contributed by atoms with Crippen LogP contribution in [0.25, 0.3) is 10.9 Å². The Balaban J connectivity index is 0.878. The first kappa shape index (κ1) is 46.2. The highest BCUT2D eigenvalue weighted by molar-refractivity contribution is 9.10. The molecule has 5 heterocycles. The van der Waals surface area contributed by atoms with Crippen molar-refractivity contribution < 1.29 is 31.5 Å². The number of aryl methyl sites for hydroxylation is 1. The summed E-state index contributed by atoms with van der Waals surface area (Å²) < 4.78 is 63.6. The summed E-state index contributed by atoms with van der Waals surface area (Å²) in [7, 11) is 1.87. The average molecular weight is 978 g/mol. The van der Waals surface area contributed by atoms with E-state index in [2.05, 4.69) is 70.6 Å². The second-order valence-corrected chi connectivity index (χ2v) is 19.9. The molecule has 5 aromatic rings. The smallest absolute Gasteiger partial charge is 0.236 e. The third-order valence-corrected chi connectivity index (χ3v) is 14.4. The molecule has 3 aliphatic heterocycles. The van der Waals surface area contributed by atoms with Crippen molar-refractivity contribution in [3.05, 3.63) is 87.7 Å². The van der Waals surface area contributed by atoms with E-state index in [1.54, 1.807) is 25.6 Å². The van der Waals surface area contributed by atoms with Gasteiger partial charge in [0.15, 0.2) is 0 Å². The third-order valence-electron chi connectivity index (χ3n) is 12.8. The third kappa shape index (κ3) is 9.93. The zero-order valence-electron chi connectivity index (χ0n) is 37.3. The number of carbonyl (C=O) groups is 2. The number of hydrogen-bond acceptors (Lipinski definition) is 13. The fourth-order valence-corrected chi connectivity index (χ4v) is 10.5. The lowest BCUT2D eigenvalue weighted by molar-refractivity contribution is -0.134. The highest BCUT2D eigenvalue weighted by Crippen LogP contribution is 2.39. The van der Waals surface area contributed by atoms with Gasteiger partial charge in [0.25, 0.3) is 0 Å². The monoisotopic (exact) mass is 976 g/mol.